The van der Waals surface area contributed by atoms with Gasteiger partial charge in [-0.15, -0.1) is 0 Å². The number of nitrogens with zero attached hydrogens (tertiary/aromatic N) is 2. The lowest BCUT2D eigenvalue weighted by atomic mass is 10.6. The summed E-state index contributed by atoms with van der Waals surface area (Å²) in [6.45, 7) is 2.05. The third-order valence-corrected chi connectivity index (χ3v) is 1.67. The Hall–Kier alpha value is -0.770. The average molecular weight is 155 g/mol. The van der Waals surface area contributed by atoms with Gasteiger partial charge in [-0.1, -0.05) is 18.7 Å². The molecule has 0 aromatic carbocycles. The molecule has 0 saturated carbocycles. The van der Waals surface area contributed by atoms with Gasteiger partial charge in [0.1, 0.15) is 5.82 Å². The van der Waals surface area contributed by atoms with Crippen LogP contribution < -0.4 is 5.73 Å². The van der Waals surface area contributed by atoms with Gasteiger partial charge in [0.2, 0.25) is 0 Å². The molecule has 0 amide bonds. The van der Waals surface area contributed by atoms with Crippen molar-refractivity contribution in [2.24, 2.45) is 0 Å². The first-order valence-corrected chi connectivity index (χ1v) is 4.03. The first-order chi connectivity index (χ1) is 4.83. The van der Waals surface area contributed by atoms with Crippen LogP contribution in [0.3, 0.4) is 0 Å². The molecule has 0 spiro atoms. The molecule has 10 heavy (non-hydrogen) atoms. The van der Waals surface area contributed by atoms with Crippen LogP contribution in [0.1, 0.15) is 6.92 Å². The highest BCUT2D eigenvalue weighted by atomic mass is 32.2. The Labute approximate surface area is 64.1 Å². The van der Waals surface area contributed by atoms with E-state index >= 15 is 0 Å². The van der Waals surface area contributed by atoms with E-state index in [2.05, 4.69) is 16.9 Å². The highest BCUT2D eigenvalue weighted by Crippen LogP contribution is 2.11. The van der Waals surface area contributed by atoms with Gasteiger partial charge in [0.25, 0.3) is 0 Å². The fourth-order valence-electron chi connectivity index (χ4n) is 0.553. The smallest absolute Gasteiger partial charge is 0.189 e. The zero-order valence-electron chi connectivity index (χ0n) is 5.74. The number of rotatable bonds is 2. The maximum Gasteiger partial charge on any atom is 0.189 e. The summed E-state index contributed by atoms with van der Waals surface area (Å²) >= 11 is 1.59. The van der Waals surface area contributed by atoms with Crippen molar-refractivity contribution in [3.63, 3.8) is 0 Å². The van der Waals surface area contributed by atoms with Crippen LogP contribution in [-0.2, 0) is 0 Å². The van der Waals surface area contributed by atoms with Crippen LogP contribution in [0.2, 0.25) is 0 Å². The second-order valence-corrected chi connectivity index (χ2v) is 2.93. The van der Waals surface area contributed by atoms with Crippen LogP contribution in [0, 0.1) is 0 Å². The number of aromatic nitrogens is 2. The molecule has 0 radical (unpaired) electrons. The molecular weight excluding hydrogens is 146 g/mol. The second kappa shape index (κ2) is 3.41. The van der Waals surface area contributed by atoms with Gasteiger partial charge < -0.3 is 5.73 Å². The molecule has 0 bridgehead atoms. The van der Waals surface area contributed by atoms with E-state index in [4.69, 9.17) is 5.73 Å². The summed E-state index contributed by atoms with van der Waals surface area (Å²) in [6.07, 6.45) is 1.67. The monoisotopic (exact) mass is 155 g/mol. The predicted octanol–water partition coefficient (Wildman–Crippen LogP) is 1.17. The average Bonchev–Trinajstić information content (AvgIpc) is 1.88. The quantitative estimate of drug-likeness (QED) is 0.514. The molecule has 0 fully saturated rings. The maximum atomic E-state index is 5.42. The summed E-state index contributed by atoms with van der Waals surface area (Å²) in [5, 5.41) is 0.752. The van der Waals surface area contributed by atoms with Crippen LogP contribution in [0.25, 0.3) is 0 Å². The van der Waals surface area contributed by atoms with Crippen molar-refractivity contribution in [1.82, 2.24) is 9.97 Å². The molecule has 0 aliphatic rings. The largest absolute Gasteiger partial charge is 0.384 e. The number of hydrogen-bond acceptors (Lipinski definition) is 4. The summed E-state index contributed by atoms with van der Waals surface area (Å²) < 4.78 is 0. The summed E-state index contributed by atoms with van der Waals surface area (Å²) in [5.74, 6) is 1.51. The summed E-state index contributed by atoms with van der Waals surface area (Å²) in [4.78, 5) is 7.99. The molecule has 0 aliphatic heterocycles. The molecule has 2 N–H and O–H groups in total. The topological polar surface area (TPSA) is 51.8 Å². The van der Waals surface area contributed by atoms with E-state index in [1.165, 1.54) is 0 Å². The lowest BCUT2D eigenvalue weighted by molar-refractivity contribution is 0.976. The van der Waals surface area contributed by atoms with Gasteiger partial charge in [-0.2, -0.15) is 0 Å². The van der Waals surface area contributed by atoms with E-state index in [0.29, 0.717) is 5.82 Å². The Morgan fingerprint density at radius 2 is 2.50 bits per heavy atom. The molecule has 0 aliphatic carbocycles. The van der Waals surface area contributed by atoms with Crippen molar-refractivity contribution in [2.45, 2.75) is 12.1 Å². The third kappa shape index (κ3) is 1.88. The van der Waals surface area contributed by atoms with Gasteiger partial charge in [-0.05, 0) is 11.8 Å². The number of nitrogens with two attached hydrogens (primary N) is 1. The first kappa shape index (κ1) is 7.34. The van der Waals surface area contributed by atoms with Gasteiger partial charge in [-0.3, -0.25) is 0 Å². The van der Waals surface area contributed by atoms with Gasteiger partial charge in [0.05, 0.1) is 0 Å². The van der Waals surface area contributed by atoms with Gasteiger partial charge >= 0.3 is 0 Å². The van der Waals surface area contributed by atoms with Crippen LogP contribution >= 0.6 is 11.8 Å². The van der Waals surface area contributed by atoms with Crippen molar-refractivity contribution in [2.75, 3.05) is 11.5 Å². The first-order valence-electron chi connectivity index (χ1n) is 3.04. The van der Waals surface area contributed by atoms with Gasteiger partial charge in [0, 0.05) is 6.20 Å². The summed E-state index contributed by atoms with van der Waals surface area (Å²) in [6, 6.07) is 1.68. The van der Waals surface area contributed by atoms with E-state index in [9.17, 15) is 0 Å². The Kier molecular flexibility index (Phi) is 2.50. The molecule has 1 aromatic heterocycles. The van der Waals surface area contributed by atoms with Crippen LogP contribution in [0.5, 0.6) is 0 Å². The van der Waals surface area contributed by atoms with Crippen LogP contribution in [0.4, 0.5) is 5.82 Å². The Bertz CT molecular complexity index is 214. The Morgan fingerprint density at radius 3 is 3.10 bits per heavy atom. The minimum atomic E-state index is 0.533. The highest BCUT2D eigenvalue weighted by Gasteiger charge is 1.93. The van der Waals surface area contributed by atoms with Gasteiger partial charge in [-0.25, -0.2) is 9.97 Å². The molecule has 54 valence electrons. The summed E-state index contributed by atoms with van der Waals surface area (Å²) in [5.41, 5.74) is 5.42. The predicted molar refractivity (Wildman–Crippen MR) is 42.8 cm³/mol. The van der Waals surface area contributed by atoms with Crippen molar-refractivity contribution >= 4 is 17.6 Å². The molecule has 0 unspecified atom stereocenters. The lowest BCUT2D eigenvalue weighted by Gasteiger charge is -1.95. The van der Waals surface area contributed by atoms with E-state index < -0.39 is 0 Å². The molecule has 1 aromatic rings. The minimum absolute atomic E-state index is 0.533. The maximum absolute atomic E-state index is 5.42. The fraction of sp³-hybridized carbons (Fsp3) is 0.333. The lowest BCUT2D eigenvalue weighted by Crippen LogP contribution is -1.92. The zero-order valence-corrected chi connectivity index (χ0v) is 6.56. The van der Waals surface area contributed by atoms with Crippen LogP contribution in [0.15, 0.2) is 17.4 Å². The number of nitrogen functional groups attached to an aromatic ring is 1. The fourth-order valence-corrected chi connectivity index (χ4v) is 1.12. The third-order valence-electron chi connectivity index (χ3n) is 0.928. The molecule has 4 heteroatoms. The van der Waals surface area contributed by atoms with Gasteiger partial charge in [0.15, 0.2) is 5.16 Å². The molecular formula is C6H9N3S. The molecule has 1 heterocycles. The molecule has 3 nitrogen and oxygen atoms in total. The molecule has 1 rings (SSSR count). The van der Waals surface area contributed by atoms with E-state index in [1.54, 1.807) is 24.0 Å². The number of anilines is 1. The Balaban J connectivity index is 2.75. The van der Waals surface area contributed by atoms with Crippen molar-refractivity contribution < 1.29 is 0 Å². The van der Waals surface area contributed by atoms with Crippen LogP contribution in [-0.4, -0.2) is 15.7 Å². The van der Waals surface area contributed by atoms with E-state index in [0.717, 1.165) is 10.9 Å². The number of thioether (sulfide) groups is 1. The standard InChI is InChI=1S/C6H9N3S/c1-2-10-6-8-4-3-5(7)9-6/h3-4H,2H2,1H3,(H2,7,8,9). The molecule has 0 saturated heterocycles. The zero-order chi connectivity index (χ0) is 7.40. The Morgan fingerprint density at radius 1 is 1.70 bits per heavy atom. The van der Waals surface area contributed by atoms with Crippen molar-refractivity contribution in [3.05, 3.63) is 12.3 Å². The second-order valence-electron chi connectivity index (χ2n) is 1.70. The van der Waals surface area contributed by atoms with Crippen molar-refractivity contribution in [3.8, 4) is 0 Å². The van der Waals surface area contributed by atoms with E-state index in [1.807, 2.05) is 0 Å². The molecule has 0 atom stereocenters. The van der Waals surface area contributed by atoms with E-state index in [-0.39, 0.29) is 0 Å². The van der Waals surface area contributed by atoms with Crippen molar-refractivity contribution in [1.29, 1.82) is 0 Å². The normalized spacial score (nSPS) is 9.70. The SMILES string of the molecule is CCSc1nccc(N)n1. The summed E-state index contributed by atoms with van der Waals surface area (Å²) in [7, 11) is 0. The minimum Gasteiger partial charge on any atom is -0.384 e. The highest BCUT2D eigenvalue weighted by molar-refractivity contribution is 7.99. The number of hydrogen-bond donors (Lipinski definition) is 1.